The average Bonchev–Trinajstić information content (AvgIpc) is 3.43. The van der Waals surface area contributed by atoms with E-state index in [0.717, 1.165) is 17.4 Å². The van der Waals surface area contributed by atoms with E-state index in [1.165, 1.54) is 16.4 Å². The molecule has 4 rings (SSSR count). The van der Waals surface area contributed by atoms with E-state index in [9.17, 15) is 34.8 Å². The largest absolute Gasteiger partial charge is 0.452 e. The van der Waals surface area contributed by atoms with Crippen LogP contribution in [0.5, 0.6) is 0 Å². The lowest BCUT2D eigenvalue weighted by Gasteiger charge is -2.34. The Hall–Kier alpha value is -2.36. The Labute approximate surface area is 197 Å². The summed E-state index contributed by atoms with van der Waals surface area (Å²) in [6, 6.07) is 4.03. The molecule has 0 radical (unpaired) electrons. The molecule has 0 atom stereocenters. The number of thiophene rings is 1. The van der Waals surface area contributed by atoms with Gasteiger partial charge in [-0.1, -0.05) is 16.8 Å². The zero-order chi connectivity index (χ0) is 24.9. The van der Waals surface area contributed by atoms with Gasteiger partial charge in [0.15, 0.2) is 0 Å². The van der Waals surface area contributed by atoms with Crippen LogP contribution in [0.25, 0.3) is 10.6 Å². The molecule has 16 heteroatoms. The predicted molar refractivity (Wildman–Crippen MR) is 110 cm³/mol. The summed E-state index contributed by atoms with van der Waals surface area (Å²) >= 11 is 6.70. The third-order valence-corrected chi connectivity index (χ3v) is 8.66. The Balaban J connectivity index is 1.46. The van der Waals surface area contributed by atoms with E-state index < -0.39 is 33.7 Å². The molecule has 3 aromatic rings. The second-order valence-electron chi connectivity index (χ2n) is 7.11. The summed E-state index contributed by atoms with van der Waals surface area (Å²) < 4.78 is 108. The van der Waals surface area contributed by atoms with Crippen LogP contribution in [0.3, 0.4) is 0 Å². The number of hydrogen-bond donors (Lipinski definition) is 0. The number of anilines is 1. The van der Waals surface area contributed by atoms with Gasteiger partial charge in [0.25, 0.3) is 10.0 Å². The Bertz CT molecular complexity index is 1300. The molecule has 0 saturated carbocycles. The van der Waals surface area contributed by atoms with Crippen molar-refractivity contribution in [2.75, 3.05) is 31.1 Å². The third-order valence-electron chi connectivity index (χ3n) is 4.90. The molecule has 0 amide bonds. The molecule has 0 bridgehead atoms. The van der Waals surface area contributed by atoms with Gasteiger partial charge in [0.1, 0.15) is 15.7 Å². The van der Waals surface area contributed by atoms with E-state index >= 15 is 0 Å². The summed E-state index contributed by atoms with van der Waals surface area (Å²) in [4.78, 5) is 5.53. The molecule has 34 heavy (non-hydrogen) atoms. The van der Waals surface area contributed by atoms with Crippen LogP contribution in [0.1, 0.15) is 11.3 Å². The highest BCUT2D eigenvalue weighted by molar-refractivity contribution is 7.91. The fraction of sp³-hybridized carbons (Fsp3) is 0.333. The second kappa shape index (κ2) is 8.70. The SMILES string of the molecule is O=S(=O)(c1ccc(-c2cc(C(F)(F)F)on2)s1)N1CCN(c2ncc(C(F)(F)F)cc2Cl)CC1. The number of rotatable bonds is 4. The number of alkyl halides is 6. The number of aromatic nitrogens is 2. The lowest BCUT2D eigenvalue weighted by Crippen LogP contribution is -2.48. The Morgan fingerprint density at radius 2 is 1.68 bits per heavy atom. The maximum Gasteiger partial charge on any atom is 0.452 e. The Morgan fingerprint density at radius 3 is 2.24 bits per heavy atom. The normalized spacial score (nSPS) is 16.3. The molecular weight excluding hydrogens is 534 g/mol. The van der Waals surface area contributed by atoms with Gasteiger partial charge in [-0.15, -0.1) is 11.3 Å². The first-order valence-electron chi connectivity index (χ1n) is 9.39. The van der Waals surface area contributed by atoms with Gasteiger partial charge in [-0.05, 0) is 18.2 Å². The Morgan fingerprint density at radius 1 is 1.00 bits per heavy atom. The molecule has 1 saturated heterocycles. The molecule has 1 aliphatic rings. The van der Waals surface area contributed by atoms with Crippen LogP contribution in [0, 0.1) is 0 Å². The predicted octanol–water partition coefficient (Wildman–Crippen LogP) is 5.00. The number of halogens is 7. The van der Waals surface area contributed by atoms with E-state index in [1.807, 2.05) is 0 Å². The standard InChI is InChI=1S/C18H13ClF6N4O3S2/c19-11-7-10(17(20,21)22)9-26-16(11)28-3-5-29(6-4-28)34(30,31)15-2-1-13(33-15)12-8-14(32-27-12)18(23,24)25/h1-2,7-9H,3-6H2. The summed E-state index contributed by atoms with van der Waals surface area (Å²) in [5.74, 6) is -1.19. The summed E-state index contributed by atoms with van der Waals surface area (Å²) in [6.45, 7) is 0.231. The zero-order valence-electron chi connectivity index (χ0n) is 16.7. The molecule has 0 spiro atoms. The molecular formula is C18H13ClF6N4O3S2. The maximum absolute atomic E-state index is 13.0. The van der Waals surface area contributed by atoms with Gasteiger partial charge in [-0.25, -0.2) is 13.4 Å². The number of piperazine rings is 1. The average molecular weight is 547 g/mol. The number of hydrogen-bond acceptors (Lipinski definition) is 7. The first-order chi connectivity index (χ1) is 15.8. The Kier molecular flexibility index (Phi) is 6.33. The van der Waals surface area contributed by atoms with E-state index in [1.54, 1.807) is 4.90 Å². The maximum atomic E-state index is 13.0. The van der Waals surface area contributed by atoms with Crippen molar-refractivity contribution in [3.8, 4) is 10.6 Å². The first kappa shape index (κ1) is 24.8. The van der Waals surface area contributed by atoms with E-state index in [-0.39, 0.29) is 51.8 Å². The third kappa shape index (κ3) is 4.87. The van der Waals surface area contributed by atoms with Gasteiger partial charge < -0.3 is 9.42 Å². The molecule has 0 unspecified atom stereocenters. The van der Waals surface area contributed by atoms with Crippen molar-refractivity contribution in [2.24, 2.45) is 0 Å². The molecule has 184 valence electrons. The molecule has 4 heterocycles. The second-order valence-corrected chi connectivity index (χ2v) is 10.8. The smallest absolute Gasteiger partial charge is 0.353 e. The van der Waals surface area contributed by atoms with E-state index in [4.69, 9.17) is 11.6 Å². The van der Waals surface area contributed by atoms with Crippen molar-refractivity contribution in [1.29, 1.82) is 0 Å². The molecule has 0 N–H and O–H groups in total. The van der Waals surface area contributed by atoms with Crippen molar-refractivity contribution in [2.45, 2.75) is 16.6 Å². The van der Waals surface area contributed by atoms with Crippen LogP contribution in [0.2, 0.25) is 5.02 Å². The molecule has 7 nitrogen and oxygen atoms in total. The topological polar surface area (TPSA) is 79.5 Å². The highest BCUT2D eigenvalue weighted by atomic mass is 35.5. The summed E-state index contributed by atoms with van der Waals surface area (Å²) in [5.41, 5.74) is -1.14. The fourth-order valence-corrected chi connectivity index (χ4v) is 6.33. The van der Waals surface area contributed by atoms with Crippen LogP contribution in [-0.2, 0) is 22.4 Å². The summed E-state index contributed by atoms with van der Waals surface area (Å²) in [5, 5.41) is 3.14. The van der Waals surface area contributed by atoms with Gasteiger partial charge >= 0.3 is 12.4 Å². The number of pyridine rings is 1. The molecule has 1 fully saturated rings. The lowest BCUT2D eigenvalue weighted by atomic mass is 10.2. The zero-order valence-corrected chi connectivity index (χ0v) is 19.1. The summed E-state index contributed by atoms with van der Waals surface area (Å²) in [6.07, 6.45) is -8.66. The first-order valence-corrected chi connectivity index (χ1v) is 12.0. The van der Waals surface area contributed by atoms with Gasteiger partial charge in [-0.3, -0.25) is 0 Å². The highest BCUT2D eigenvalue weighted by Crippen LogP contribution is 2.37. The molecule has 0 aromatic carbocycles. The van der Waals surface area contributed by atoms with Gasteiger partial charge in [0, 0.05) is 38.4 Å². The van der Waals surface area contributed by atoms with Crippen molar-refractivity contribution < 1.29 is 39.3 Å². The number of nitrogens with zero attached hydrogens (tertiary/aromatic N) is 4. The molecule has 1 aliphatic heterocycles. The quantitative estimate of drug-likeness (QED) is 0.429. The minimum Gasteiger partial charge on any atom is -0.353 e. The molecule has 3 aromatic heterocycles. The van der Waals surface area contributed by atoms with Crippen LogP contribution in [0.15, 0.2) is 39.2 Å². The minimum absolute atomic E-state index is 0.00319. The van der Waals surface area contributed by atoms with Gasteiger partial charge in [0.2, 0.25) is 5.76 Å². The van der Waals surface area contributed by atoms with Crippen molar-refractivity contribution in [3.05, 3.63) is 46.8 Å². The van der Waals surface area contributed by atoms with Crippen molar-refractivity contribution in [3.63, 3.8) is 0 Å². The van der Waals surface area contributed by atoms with Gasteiger partial charge in [0.05, 0.1) is 15.5 Å². The summed E-state index contributed by atoms with van der Waals surface area (Å²) in [7, 11) is -3.97. The highest BCUT2D eigenvalue weighted by Gasteiger charge is 2.37. The fourth-order valence-electron chi connectivity index (χ4n) is 3.21. The van der Waals surface area contributed by atoms with Crippen LogP contribution >= 0.6 is 22.9 Å². The van der Waals surface area contributed by atoms with Crippen LogP contribution in [0.4, 0.5) is 32.2 Å². The lowest BCUT2D eigenvalue weighted by molar-refractivity contribution is -0.155. The van der Waals surface area contributed by atoms with Gasteiger partial charge in [-0.2, -0.15) is 30.6 Å². The monoisotopic (exact) mass is 546 g/mol. The minimum atomic E-state index is -4.72. The van der Waals surface area contributed by atoms with Crippen LogP contribution < -0.4 is 4.90 Å². The van der Waals surface area contributed by atoms with Crippen molar-refractivity contribution in [1.82, 2.24) is 14.4 Å². The van der Waals surface area contributed by atoms with E-state index in [2.05, 4.69) is 14.7 Å². The van der Waals surface area contributed by atoms with Crippen molar-refractivity contribution >= 4 is 38.8 Å². The van der Waals surface area contributed by atoms with E-state index in [0.29, 0.717) is 12.3 Å². The molecule has 0 aliphatic carbocycles. The number of sulfonamides is 1. The van der Waals surface area contributed by atoms with Crippen LogP contribution in [-0.4, -0.2) is 49.0 Å².